The lowest BCUT2D eigenvalue weighted by Gasteiger charge is -2.02. The SMILES string of the molecule is CC#CC#Cc1ccc(-c2ccc(C#CC)cc2)cc1. The standard InChI is InChI=1S/C20H14/c1-3-5-6-8-18-11-15-20(16-12-18)19-13-9-17(7-4-2)10-14-19/h9-16H,1-2H3. The van der Waals surface area contributed by atoms with Crippen LogP contribution in [0.5, 0.6) is 0 Å². The zero-order chi connectivity index (χ0) is 14.2. The Morgan fingerprint density at radius 2 is 1.05 bits per heavy atom. The fourth-order valence-corrected chi connectivity index (χ4v) is 1.80. The molecule has 0 bridgehead atoms. The Morgan fingerprint density at radius 1 is 0.550 bits per heavy atom. The smallest absolute Gasteiger partial charge is 0.0255 e. The third kappa shape index (κ3) is 3.55. The number of hydrogen-bond acceptors (Lipinski definition) is 0. The monoisotopic (exact) mass is 254 g/mol. The summed E-state index contributed by atoms with van der Waals surface area (Å²) in [7, 11) is 0. The van der Waals surface area contributed by atoms with Crippen molar-refractivity contribution in [2.45, 2.75) is 13.8 Å². The van der Waals surface area contributed by atoms with Crippen molar-refractivity contribution in [2.75, 3.05) is 0 Å². The maximum Gasteiger partial charge on any atom is 0.0255 e. The van der Waals surface area contributed by atoms with Gasteiger partial charge in [-0.15, -0.1) is 5.92 Å². The Hall–Kier alpha value is -2.88. The first-order valence-corrected chi connectivity index (χ1v) is 6.39. The molecule has 2 aromatic carbocycles. The first kappa shape index (κ1) is 13.5. The highest BCUT2D eigenvalue weighted by atomic mass is 14.0. The average molecular weight is 254 g/mol. The summed E-state index contributed by atoms with van der Waals surface area (Å²) < 4.78 is 0. The van der Waals surface area contributed by atoms with Crippen molar-refractivity contribution in [2.24, 2.45) is 0 Å². The lowest BCUT2D eigenvalue weighted by atomic mass is 10.0. The van der Waals surface area contributed by atoms with E-state index in [0.717, 1.165) is 11.1 Å². The quantitative estimate of drug-likeness (QED) is 0.672. The van der Waals surface area contributed by atoms with E-state index in [2.05, 4.69) is 59.8 Å². The number of benzene rings is 2. The van der Waals surface area contributed by atoms with Crippen LogP contribution in [0.25, 0.3) is 11.1 Å². The summed E-state index contributed by atoms with van der Waals surface area (Å²) in [5, 5.41) is 0. The molecule has 0 aliphatic carbocycles. The third-order valence-corrected chi connectivity index (χ3v) is 2.77. The maximum absolute atomic E-state index is 3.04. The van der Waals surface area contributed by atoms with Crippen LogP contribution >= 0.6 is 0 Å². The van der Waals surface area contributed by atoms with Crippen LogP contribution in [0, 0.1) is 35.5 Å². The highest BCUT2D eigenvalue weighted by Gasteiger charge is 1.97. The average Bonchev–Trinajstić information content (AvgIpc) is 2.49. The van der Waals surface area contributed by atoms with Crippen LogP contribution in [0.2, 0.25) is 0 Å². The van der Waals surface area contributed by atoms with Gasteiger partial charge in [0.05, 0.1) is 0 Å². The van der Waals surface area contributed by atoms with Gasteiger partial charge in [-0.1, -0.05) is 42.0 Å². The fourth-order valence-electron chi connectivity index (χ4n) is 1.80. The van der Waals surface area contributed by atoms with E-state index < -0.39 is 0 Å². The largest absolute Gasteiger partial charge is 0.101 e. The molecule has 0 fully saturated rings. The van der Waals surface area contributed by atoms with Crippen molar-refractivity contribution in [3.8, 4) is 46.6 Å². The van der Waals surface area contributed by atoms with Crippen LogP contribution in [0.1, 0.15) is 25.0 Å². The summed E-state index contributed by atoms with van der Waals surface area (Å²) >= 11 is 0. The van der Waals surface area contributed by atoms with Crippen LogP contribution in [0.3, 0.4) is 0 Å². The predicted molar refractivity (Wildman–Crippen MR) is 84.8 cm³/mol. The van der Waals surface area contributed by atoms with E-state index in [1.54, 1.807) is 6.92 Å². The number of hydrogen-bond donors (Lipinski definition) is 0. The molecule has 0 saturated heterocycles. The Balaban J connectivity index is 2.22. The molecule has 0 N–H and O–H groups in total. The van der Waals surface area contributed by atoms with Gasteiger partial charge in [0.2, 0.25) is 0 Å². The minimum Gasteiger partial charge on any atom is -0.101 e. The predicted octanol–water partition coefficient (Wildman–Crippen LogP) is 4.10. The van der Waals surface area contributed by atoms with Gasteiger partial charge < -0.3 is 0 Å². The molecule has 0 unspecified atom stereocenters. The van der Waals surface area contributed by atoms with Gasteiger partial charge >= 0.3 is 0 Å². The van der Waals surface area contributed by atoms with Gasteiger partial charge in [-0.25, -0.2) is 0 Å². The minimum absolute atomic E-state index is 0.977. The lowest BCUT2D eigenvalue weighted by molar-refractivity contribution is 1.57. The summed E-state index contributed by atoms with van der Waals surface area (Å²) in [6.07, 6.45) is 0. The first-order chi connectivity index (χ1) is 9.83. The van der Waals surface area contributed by atoms with E-state index >= 15 is 0 Å². The van der Waals surface area contributed by atoms with Crippen LogP contribution in [-0.2, 0) is 0 Å². The molecule has 0 aliphatic heterocycles. The molecule has 2 rings (SSSR count). The summed E-state index contributed by atoms with van der Waals surface area (Å²) in [6.45, 7) is 3.63. The molecule has 0 spiro atoms. The molecule has 0 heterocycles. The molecular weight excluding hydrogens is 240 g/mol. The second kappa shape index (κ2) is 6.89. The van der Waals surface area contributed by atoms with Gasteiger partial charge in [0, 0.05) is 11.1 Å². The molecule has 2 aromatic rings. The van der Waals surface area contributed by atoms with E-state index in [1.807, 2.05) is 31.2 Å². The maximum atomic E-state index is 3.04. The molecule has 20 heavy (non-hydrogen) atoms. The summed E-state index contributed by atoms with van der Waals surface area (Å²) in [4.78, 5) is 0. The Labute approximate surface area is 120 Å². The van der Waals surface area contributed by atoms with Crippen molar-refractivity contribution in [1.29, 1.82) is 0 Å². The van der Waals surface area contributed by atoms with Gasteiger partial charge in [0.15, 0.2) is 0 Å². The van der Waals surface area contributed by atoms with Gasteiger partial charge in [0.25, 0.3) is 0 Å². The molecule has 0 radical (unpaired) electrons. The second-order valence-corrected chi connectivity index (χ2v) is 4.15. The van der Waals surface area contributed by atoms with Crippen LogP contribution in [0.4, 0.5) is 0 Å². The van der Waals surface area contributed by atoms with Crippen molar-refractivity contribution in [3.05, 3.63) is 59.7 Å². The molecule has 0 nitrogen and oxygen atoms in total. The van der Waals surface area contributed by atoms with E-state index in [9.17, 15) is 0 Å². The van der Waals surface area contributed by atoms with Crippen molar-refractivity contribution in [1.82, 2.24) is 0 Å². The zero-order valence-electron chi connectivity index (χ0n) is 11.6. The lowest BCUT2D eigenvalue weighted by Crippen LogP contribution is -1.80. The van der Waals surface area contributed by atoms with Crippen molar-refractivity contribution in [3.63, 3.8) is 0 Å². The molecule has 0 saturated carbocycles. The molecule has 94 valence electrons. The van der Waals surface area contributed by atoms with Gasteiger partial charge in [-0.3, -0.25) is 0 Å². The van der Waals surface area contributed by atoms with Crippen molar-refractivity contribution < 1.29 is 0 Å². The van der Waals surface area contributed by atoms with E-state index in [1.165, 1.54) is 11.1 Å². The van der Waals surface area contributed by atoms with Crippen molar-refractivity contribution >= 4 is 0 Å². The zero-order valence-corrected chi connectivity index (χ0v) is 11.6. The van der Waals surface area contributed by atoms with Gasteiger partial charge in [0.1, 0.15) is 0 Å². The van der Waals surface area contributed by atoms with E-state index in [4.69, 9.17) is 0 Å². The van der Waals surface area contributed by atoms with E-state index in [-0.39, 0.29) is 0 Å². The highest BCUT2D eigenvalue weighted by molar-refractivity contribution is 5.65. The Kier molecular flexibility index (Phi) is 4.67. The van der Waals surface area contributed by atoms with Crippen LogP contribution < -0.4 is 0 Å². The molecule has 0 aromatic heterocycles. The molecule has 0 heteroatoms. The Bertz CT molecular complexity index is 756. The molecule has 0 amide bonds. The highest BCUT2D eigenvalue weighted by Crippen LogP contribution is 2.20. The third-order valence-electron chi connectivity index (χ3n) is 2.77. The summed E-state index contributed by atoms with van der Waals surface area (Å²) in [5.74, 6) is 17.2. The molecular formula is C20H14. The van der Waals surface area contributed by atoms with E-state index in [0.29, 0.717) is 0 Å². The Morgan fingerprint density at radius 3 is 1.50 bits per heavy atom. The molecule has 0 aliphatic rings. The normalized spacial score (nSPS) is 8.30. The number of rotatable bonds is 1. The molecule has 0 atom stereocenters. The van der Waals surface area contributed by atoms with Gasteiger partial charge in [-0.05, 0) is 61.1 Å². The van der Waals surface area contributed by atoms with Gasteiger partial charge in [-0.2, -0.15) is 0 Å². The topological polar surface area (TPSA) is 0 Å². The minimum atomic E-state index is 0.977. The first-order valence-electron chi connectivity index (χ1n) is 6.39. The summed E-state index contributed by atoms with van der Waals surface area (Å²) in [5.41, 5.74) is 4.37. The second-order valence-electron chi connectivity index (χ2n) is 4.15. The fraction of sp³-hybridized carbons (Fsp3) is 0.100. The summed E-state index contributed by atoms with van der Waals surface area (Å²) in [6, 6.07) is 16.4. The van der Waals surface area contributed by atoms with Crippen LogP contribution in [-0.4, -0.2) is 0 Å². The van der Waals surface area contributed by atoms with Crippen LogP contribution in [0.15, 0.2) is 48.5 Å².